The van der Waals surface area contributed by atoms with Gasteiger partial charge in [-0.2, -0.15) is 0 Å². The highest BCUT2D eigenvalue weighted by molar-refractivity contribution is 5.92. The number of pyridine rings is 1. The predicted octanol–water partition coefficient (Wildman–Crippen LogP) is 1.13. The normalized spacial score (nSPS) is 9.67. The highest BCUT2D eigenvalue weighted by atomic mass is 16.6. The molecule has 6 nitrogen and oxygen atoms in total. The number of rotatable bonds is 4. The lowest BCUT2D eigenvalue weighted by molar-refractivity contribution is -0.385. The van der Waals surface area contributed by atoms with Crippen molar-refractivity contribution in [3.63, 3.8) is 0 Å². The van der Waals surface area contributed by atoms with Crippen molar-refractivity contribution in [1.82, 2.24) is 10.3 Å². The maximum atomic E-state index is 11.3. The molecule has 15 heavy (non-hydrogen) atoms. The number of carbonyl (C=O) groups is 1. The highest BCUT2D eigenvalue weighted by Gasteiger charge is 2.09. The average molecular weight is 209 g/mol. The van der Waals surface area contributed by atoms with Gasteiger partial charge in [-0.05, 0) is 12.5 Å². The van der Waals surface area contributed by atoms with E-state index in [1.54, 1.807) is 0 Å². The summed E-state index contributed by atoms with van der Waals surface area (Å²) in [7, 11) is 0. The van der Waals surface area contributed by atoms with E-state index < -0.39 is 4.92 Å². The maximum absolute atomic E-state index is 11.3. The van der Waals surface area contributed by atoms with Crippen LogP contribution in [0.5, 0.6) is 0 Å². The Kier molecular flexibility index (Phi) is 3.73. The van der Waals surface area contributed by atoms with Crippen LogP contribution in [0.15, 0.2) is 18.3 Å². The van der Waals surface area contributed by atoms with Gasteiger partial charge in [0.25, 0.3) is 11.6 Å². The molecule has 1 heterocycles. The van der Waals surface area contributed by atoms with E-state index >= 15 is 0 Å². The maximum Gasteiger partial charge on any atom is 0.287 e. The topological polar surface area (TPSA) is 85.1 Å². The molecule has 0 atom stereocenters. The van der Waals surface area contributed by atoms with Crippen LogP contribution in [-0.4, -0.2) is 22.4 Å². The fourth-order valence-corrected chi connectivity index (χ4v) is 0.957. The van der Waals surface area contributed by atoms with Crippen LogP contribution in [0.1, 0.15) is 23.8 Å². The number of hydrogen-bond acceptors (Lipinski definition) is 4. The van der Waals surface area contributed by atoms with Crippen molar-refractivity contribution in [3.8, 4) is 0 Å². The highest BCUT2D eigenvalue weighted by Crippen LogP contribution is 2.08. The summed E-state index contributed by atoms with van der Waals surface area (Å²) in [6.07, 6.45) is 1.90. The summed E-state index contributed by atoms with van der Waals surface area (Å²) in [5, 5.41) is 12.9. The molecule has 1 aromatic heterocycles. The molecule has 0 aliphatic rings. The van der Waals surface area contributed by atoms with Crippen LogP contribution in [0.4, 0.5) is 5.69 Å². The minimum atomic E-state index is -0.555. The molecule has 1 N–H and O–H groups in total. The van der Waals surface area contributed by atoms with Crippen LogP contribution in [0.3, 0.4) is 0 Å². The number of amides is 1. The average Bonchev–Trinajstić information content (AvgIpc) is 2.26. The molecular formula is C9H11N3O3. The Morgan fingerprint density at radius 2 is 2.33 bits per heavy atom. The summed E-state index contributed by atoms with van der Waals surface area (Å²) in [6.45, 7) is 2.50. The molecule has 0 fully saturated rings. The molecule has 0 bridgehead atoms. The second-order valence-electron chi connectivity index (χ2n) is 2.91. The molecule has 0 aromatic carbocycles. The van der Waals surface area contributed by atoms with Gasteiger partial charge in [0, 0.05) is 12.6 Å². The summed E-state index contributed by atoms with van der Waals surface area (Å²) < 4.78 is 0. The van der Waals surface area contributed by atoms with Crippen molar-refractivity contribution in [2.75, 3.05) is 6.54 Å². The molecule has 0 saturated carbocycles. The van der Waals surface area contributed by atoms with Crippen molar-refractivity contribution in [1.29, 1.82) is 0 Å². The van der Waals surface area contributed by atoms with E-state index in [2.05, 4.69) is 10.3 Å². The molecular weight excluding hydrogens is 198 g/mol. The number of hydrogen-bond donors (Lipinski definition) is 1. The van der Waals surface area contributed by atoms with E-state index in [0.29, 0.717) is 6.54 Å². The zero-order valence-corrected chi connectivity index (χ0v) is 8.27. The lowest BCUT2D eigenvalue weighted by Gasteiger charge is -2.01. The fraction of sp³-hybridized carbons (Fsp3) is 0.333. The standard InChI is InChI=1S/C9H11N3O3/c1-2-5-10-9(13)8-4-3-7(6-11-8)12(14)15/h3-4,6H,2,5H2,1H3,(H,10,13). The Morgan fingerprint density at radius 3 is 2.80 bits per heavy atom. The Hall–Kier alpha value is -1.98. The first-order valence-corrected chi connectivity index (χ1v) is 4.53. The van der Waals surface area contributed by atoms with Gasteiger partial charge < -0.3 is 5.32 Å². The van der Waals surface area contributed by atoms with E-state index in [1.165, 1.54) is 12.1 Å². The molecule has 1 amide bonds. The third kappa shape index (κ3) is 3.01. The second-order valence-corrected chi connectivity index (χ2v) is 2.91. The minimum Gasteiger partial charge on any atom is -0.351 e. The monoisotopic (exact) mass is 209 g/mol. The summed E-state index contributed by atoms with van der Waals surface area (Å²) in [5.41, 5.74) is 0.0658. The molecule has 0 aliphatic heterocycles. The molecule has 1 aromatic rings. The summed E-state index contributed by atoms with van der Waals surface area (Å²) in [4.78, 5) is 24.8. The Morgan fingerprint density at radius 1 is 1.60 bits per heavy atom. The third-order valence-corrected chi connectivity index (χ3v) is 1.73. The van der Waals surface area contributed by atoms with Crippen LogP contribution in [0.2, 0.25) is 0 Å². The molecule has 1 rings (SSSR count). The molecule has 0 radical (unpaired) electrons. The van der Waals surface area contributed by atoms with Crippen molar-refractivity contribution < 1.29 is 9.72 Å². The smallest absolute Gasteiger partial charge is 0.287 e. The molecule has 0 saturated heterocycles. The van der Waals surface area contributed by atoms with Gasteiger partial charge in [0.1, 0.15) is 11.9 Å². The quantitative estimate of drug-likeness (QED) is 0.595. The van der Waals surface area contributed by atoms with E-state index in [4.69, 9.17) is 0 Å². The van der Waals surface area contributed by atoms with Crippen molar-refractivity contribution >= 4 is 11.6 Å². The Balaban J connectivity index is 2.71. The Bertz CT molecular complexity index is 361. The lowest BCUT2D eigenvalue weighted by atomic mass is 10.3. The largest absolute Gasteiger partial charge is 0.351 e. The Labute approximate surface area is 86.5 Å². The molecule has 6 heteroatoms. The zero-order chi connectivity index (χ0) is 11.3. The number of nitrogens with zero attached hydrogens (tertiary/aromatic N) is 2. The van der Waals surface area contributed by atoms with Crippen LogP contribution in [0.25, 0.3) is 0 Å². The number of carbonyl (C=O) groups excluding carboxylic acids is 1. The van der Waals surface area contributed by atoms with E-state index in [9.17, 15) is 14.9 Å². The number of nitro groups is 1. The summed E-state index contributed by atoms with van der Waals surface area (Å²) in [6, 6.07) is 2.59. The van der Waals surface area contributed by atoms with Crippen molar-refractivity contribution in [3.05, 3.63) is 34.1 Å². The van der Waals surface area contributed by atoms with Gasteiger partial charge >= 0.3 is 0 Å². The molecule has 0 unspecified atom stereocenters. The first-order chi connectivity index (χ1) is 7.15. The summed E-state index contributed by atoms with van der Waals surface area (Å²) >= 11 is 0. The molecule has 80 valence electrons. The van der Waals surface area contributed by atoms with Gasteiger partial charge in [-0.1, -0.05) is 6.92 Å². The van der Waals surface area contributed by atoms with Gasteiger partial charge in [0.05, 0.1) is 4.92 Å². The lowest BCUT2D eigenvalue weighted by Crippen LogP contribution is -2.24. The molecule has 0 aliphatic carbocycles. The fourth-order valence-electron chi connectivity index (χ4n) is 0.957. The van der Waals surface area contributed by atoms with Gasteiger partial charge in [-0.3, -0.25) is 14.9 Å². The predicted molar refractivity (Wildman–Crippen MR) is 53.5 cm³/mol. The van der Waals surface area contributed by atoms with Crippen LogP contribution < -0.4 is 5.32 Å². The second kappa shape index (κ2) is 5.04. The van der Waals surface area contributed by atoms with Gasteiger partial charge in [0.15, 0.2) is 0 Å². The van der Waals surface area contributed by atoms with E-state index in [0.717, 1.165) is 12.6 Å². The van der Waals surface area contributed by atoms with Crippen LogP contribution in [0, 0.1) is 10.1 Å². The zero-order valence-electron chi connectivity index (χ0n) is 8.27. The van der Waals surface area contributed by atoms with Gasteiger partial charge in [-0.25, -0.2) is 4.98 Å². The van der Waals surface area contributed by atoms with Gasteiger partial charge in [-0.15, -0.1) is 0 Å². The first-order valence-electron chi connectivity index (χ1n) is 4.53. The third-order valence-electron chi connectivity index (χ3n) is 1.73. The molecule has 0 spiro atoms. The van der Waals surface area contributed by atoms with E-state index in [-0.39, 0.29) is 17.3 Å². The van der Waals surface area contributed by atoms with Crippen LogP contribution >= 0.6 is 0 Å². The van der Waals surface area contributed by atoms with Crippen LogP contribution in [-0.2, 0) is 0 Å². The minimum absolute atomic E-state index is 0.123. The van der Waals surface area contributed by atoms with Crippen molar-refractivity contribution in [2.24, 2.45) is 0 Å². The summed E-state index contributed by atoms with van der Waals surface area (Å²) in [5.74, 6) is -0.313. The van der Waals surface area contributed by atoms with E-state index in [1.807, 2.05) is 6.92 Å². The van der Waals surface area contributed by atoms with Gasteiger partial charge in [0.2, 0.25) is 0 Å². The number of nitrogens with one attached hydrogen (secondary N) is 1. The number of aromatic nitrogens is 1. The van der Waals surface area contributed by atoms with Crippen molar-refractivity contribution in [2.45, 2.75) is 13.3 Å². The first kappa shape index (κ1) is 11.1. The SMILES string of the molecule is CCCNC(=O)c1ccc([N+](=O)[O-])cn1.